The van der Waals surface area contributed by atoms with Crippen LogP contribution in [0.4, 0.5) is 5.69 Å². The van der Waals surface area contributed by atoms with Crippen molar-refractivity contribution >= 4 is 33.3 Å². The second kappa shape index (κ2) is 7.93. The largest absolute Gasteiger partial charge is 0.330 e. The number of rotatable bonds is 5. The number of anilines is 1. The summed E-state index contributed by atoms with van der Waals surface area (Å²) in [6.45, 7) is 0. The molecule has 1 heterocycles. The van der Waals surface area contributed by atoms with Gasteiger partial charge in [-0.2, -0.15) is 0 Å². The topological polar surface area (TPSA) is 55.2 Å². The van der Waals surface area contributed by atoms with E-state index in [1.165, 1.54) is 17.2 Å². The number of benzene rings is 2. The summed E-state index contributed by atoms with van der Waals surface area (Å²) in [7, 11) is 1.75. The first kappa shape index (κ1) is 17.8. The van der Waals surface area contributed by atoms with E-state index in [0.29, 0.717) is 11.3 Å². The molecule has 5 nitrogen and oxygen atoms in total. The SMILES string of the molecule is Cn1ccnc1C(=O)N(/C=C/C(=O)c1ccccc1)c1ccc(Br)cc1. The van der Waals surface area contributed by atoms with Crippen LogP contribution in [0.5, 0.6) is 0 Å². The van der Waals surface area contributed by atoms with Crippen LogP contribution in [-0.2, 0) is 7.05 Å². The van der Waals surface area contributed by atoms with Gasteiger partial charge in [-0.3, -0.25) is 14.5 Å². The van der Waals surface area contributed by atoms with Gasteiger partial charge in [0.1, 0.15) is 0 Å². The van der Waals surface area contributed by atoms with E-state index < -0.39 is 0 Å². The van der Waals surface area contributed by atoms with Crippen LogP contribution < -0.4 is 4.90 Å². The molecule has 3 rings (SSSR count). The molecule has 2 aromatic carbocycles. The van der Waals surface area contributed by atoms with E-state index >= 15 is 0 Å². The van der Waals surface area contributed by atoms with Gasteiger partial charge in [0.05, 0.1) is 0 Å². The van der Waals surface area contributed by atoms with Gasteiger partial charge in [0, 0.05) is 47.4 Å². The van der Waals surface area contributed by atoms with Crippen LogP contribution in [0.3, 0.4) is 0 Å². The normalized spacial score (nSPS) is 10.8. The fourth-order valence-electron chi connectivity index (χ4n) is 2.39. The van der Waals surface area contributed by atoms with E-state index in [4.69, 9.17) is 0 Å². The molecule has 0 saturated carbocycles. The molecule has 0 bridgehead atoms. The van der Waals surface area contributed by atoms with Gasteiger partial charge >= 0.3 is 0 Å². The number of hydrogen-bond donors (Lipinski definition) is 0. The third kappa shape index (κ3) is 3.97. The van der Waals surface area contributed by atoms with Gasteiger partial charge in [0.25, 0.3) is 5.91 Å². The number of hydrogen-bond acceptors (Lipinski definition) is 3. The van der Waals surface area contributed by atoms with Crippen molar-refractivity contribution in [2.24, 2.45) is 7.05 Å². The first-order valence-electron chi connectivity index (χ1n) is 7.90. The van der Waals surface area contributed by atoms with E-state index in [1.807, 2.05) is 18.2 Å². The molecule has 0 aliphatic rings. The highest BCUT2D eigenvalue weighted by Gasteiger charge is 2.19. The summed E-state index contributed by atoms with van der Waals surface area (Å²) in [5.74, 6) is -0.220. The van der Waals surface area contributed by atoms with Crippen LogP contribution >= 0.6 is 15.9 Å². The molecule has 6 heteroatoms. The lowest BCUT2D eigenvalue weighted by molar-refractivity contribution is 0.0985. The zero-order chi connectivity index (χ0) is 18.5. The van der Waals surface area contributed by atoms with Crippen LogP contribution in [0.2, 0.25) is 0 Å². The zero-order valence-electron chi connectivity index (χ0n) is 14.0. The predicted octanol–water partition coefficient (Wildman–Crippen LogP) is 4.23. The van der Waals surface area contributed by atoms with Gasteiger partial charge in [-0.15, -0.1) is 0 Å². The van der Waals surface area contributed by atoms with Gasteiger partial charge in [-0.1, -0.05) is 46.3 Å². The first-order valence-corrected chi connectivity index (χ1v) is 8.69. The minimum atomic E-state index is -0.322. The van der Waals surface area contributed by atoms with Crippen molar-refractivity contribution in [1.82, 2.24) is 9.55 Å². The molecule has 26 heavy (non-hydrogen) atoms. The third-order valence-corrected chi connectivity index (χ3v) is 4.30. The van der Waals surface area contributed by atoms with Gasteiger partial charge in [-0.05, 0) is 24.3 Å². The summed E-state index contributed by atoms with van der Waals surface area (Å²) < 4.78 is 2.54. The average Bonchev–Trinajstić information content (AvgIpc) is 3.09. The van der Waals surface area contributed by atoms with Gasteiger partial charge < -0.3 is 4.57 Å². The van der Waals surface area contributed by atoms with Crippen molar-refractivity contribution in [3.63, 3.8) is 0 Å². The van der Waals surface area contributed by atoms with Crippen LogP contribution in [0.25, 0.3) is 0 Å². The first-order chi connectivity index (χ1) is 12.6. The summed E-state index contributed by atoms with van der Waals surface area (Å²) in [4.78, 5) is 30.8. The lowest BCUT2D eigenvalue weighted by Crippen LogP contribution is -2.28. The Bertz CT molecular complexity index is 947. The number of imidazole rings is 1. The number of amides is 1. The van der Waals surface area contributed by atoms with Crippen LogP contribution in [0.15, 0.2) is 83.7 Å². The number of carbonyl (C=O) groups is 2. The molecule has 1 amide bonds. The molecule has 0 aliphatic heterocycles. The number of ketones is 1. The Labute approximate surface area is 159 Å². The molecule has 0 radical (unpaired) electrons. The summed E-state index contributed by atoms with van der Waals surface area (Å²) in [6.07, 6.45) is 6.13. The van der Waals surface area contributed by atoms with E-state index in [2.05, 4.69) is 20.9 Å². The number of aromatic nitrogens is 2. The van der Waals surface area contributed by atoms with Gasteiger partial charge in [0.15, 0.2) is 11.6 Å². The summed E-state index contributed by atoms with van der Waals surface area (Å²) in [6, 6.07) is 16.2. The minimum Gasteiger partial charge on any atom is -0.330 e. The minimum absolute atomic E-state index is 0.180. The van der Waals surface area contributed by atoms with Crippen LogP contribution in [-0.4, -0.2) is 21.2 Å². The Morgan fingerprint density at radius 3 is 2.38 bits per heavy atom. The maximum atomic E-state index is 12.9. The van der Waals surface area contributed by atoms with E-state index in [1.54, 1.807) is 60.4 Å². The highest BCUT2D eigenvalue weighted by Crippen LogP contribution is 2.21. The Kier molecular flexibility index (Phi) is 5.43. The summed E-state index contributed by atoms with van der Waals surface area (Å²) in [5, 5.41) is 0. The van der Waals surface area contributed by atoms with Crippen molar-refractivity contribution in [3.8, 4) is 0 Å². The highest BCUT2D eigenvalue weighted by molar-refractivity contribution is 9.10. The van der Waals surface area contributed by atoms with E-state index in [9.17, 15) is 9.59 Å². The molecule has 1 aromatic heterocycles. The van der Waals surface area contributed by atoms with Crippen molar-refractivity contribution in [3.05, 3.63) is 95.1 Å². The fraction of sp³-hybridized carbons (Fsp3) is 0.0500. The molecule has 0 atom stereocenters. The molecular formula is C20H16BrN3O2. The standard InChI is InChI=1S/C20H16BrN3O2/c1-23-14-12-22-19(23)20(26)24(17-9-7-16(21)8-10-17)13-11-18(25)15-5-3-2-4-6-15/h2-14H,1H3/b13-11+. The second-order valence-corrected chi connectivity index (χ2v) is 6.48. The number of halogens is 1. The molecule has 130 valence electrons. The summed E-state index contributed by atoms with van der Waals surface area (Å²) in [5.41, 5.74) is 1.20. The van der Waals surface area contributed by atoms with Gasteiger partial charge in [0.2, 0.25) is 0 Å². The fourth-order valence-corrected chi connectivity index (χ4v) is 2.66. The average molecular weight is 410 g/mol. The molecule has 0 spiro atoms. The maximum Gasteiger partial charge on any atom is 0.298 e. The monoisotopic (exact) mass is 409 g/mol. The quantitative estimate of drug-likeness (QED) is 0.468. The zero-order valence-corrected chi connectivity index (χ0v) is 15.6. The van der Waals surface area contributed by atoms with Crippen molar-refractivity contribution in [2.45, 2.75) is 0 Å². The van der Waals surface area contributed by atoms with Gasteiger partial charge in [-0.25, -0.2) is 4.98 Å². The molecule has 0 saturated heterocycles. The summed E-state index contributed by atoms with van der Waals surface area (Å²) >= 11 is 3.38. The number of nitrogens with zero attached hydrogens (tertiary/aromatic N) is 3. The molecular weight excluding hydrogens is 394 g/mol. The Morgan fingerprint density at radius 2 is 1.77 bits per heavy atom. The second-order valence-electron chi connectivity index (χ2n) is 5.56. The van der Waals surface area contributed by atoms with E-state index in [-0.39, 0.29) is 17.5 Å². The molecule has 0 N–H and O–H groups in total. The molecule has 0 unspecified atom stereocenters. The maximum absolute atomic E-state index is 12.9. The number of carbonyl (C=O) groups excluding carboxylic acids is 2. The van der Waals surface area contributed by atoms with E-state index in [0.717, 1.165) is 4.47 Å². The van der Waals surface area contributed by atoms with Crippen LogP contribution in [0, 0.1) is 0 Å². The third-order valence-electron chi connectivity index (χ3n) is 3.77. The van der Waals surface area contributed by atoms with Crippen molar-refractivity contribution in [1.29, 1.82) is 0 Å². The molecule has 3 aromatic rings. The number of aryl methyl sites for hydroxylation is 1. The van der Waals surface area contributed by atoms with Crippen LogP contribution in [0.1, 0.15) is 21.0 Å². The Morgan fingerprint density at radius 1 is 1.08 bits per heavy atom. The highest BCUT2D eigenvalue weighted by atomic mass is 79.9. The Hall–Kier alpha value is -2.99. The Balaban J connectivity index is 1.94. The smallest absolute Gasteiger partial charge is 0.298 e. The molecule has 0 fully saturated rings. The lowest BCUT2D eigenvalue weighted by atomic mass is 10.1. The molecule has 0 aliphatic carbocycles. The number of allylic oxidation sites excluding steroid dienone is 1. The van der Waals surface area contributed by atoms with Crippen molar-refractivity contribution < 1.29 is 9.59 Å². The lowest BCUT2D eigenvalue weighted by Gasteiger charge is -2.18. The predicted molar refractivity (Wildman–Crippen MR) is 104 cm³/mol. The van der Waals surface area contributed by atoms with Crippen molar-refractivity contribution in [2.75, 3.05) is 4.90 Å².